The van der Waals surface area contributed by atoms with Crippen molar-refractivity contribution in [2.45, 2.75) is 31.6 Å². The monoisotopic (exact) mass is 925 g/mol. The Morgan fingerprint density at radius 2 is 0.901 bits per heavy atom. The van der Waals surface area contributed by atoms with Gasteiger partial charge in [0.2, 0.25) is 0 Å². The summed E-state index contributed by atoms with van der Waals surface area (Å²) in [5, 5.41) is 5.03. The zero-order valence-corrected chi connectivity index (χ0v) is 40.9. The molecule has 0 saturated carbocycles. The summed E-state index contributed by atoms with van der Waals surface area (Å²) in [5.74, 6) is 0. The van der Waals surface area contributed by atoms with E-state index in [2.05, 4.69) is 280 Å². The quantitative estimate of drug-likeness (QED) is 0.147. The van der Waals surface area contributed by atoms with E-state index in [1.807, 2.05) is 11.3 Å². The smallest absolute Gasteiger partial charge is 0.0713 e. The molecular formula is C69H51NS. The molecule has 12 aromatic rings. The summed E-state index contributed by atoms with van der Waals surface area (Å²) < 4.78 is 2.59. The molecule has 71 heavy (non-hydrogen) atoms. The van der Waals surface area contributed by atoms with Crippen LogP contribution in [-0.4, -0.2) is 0 Å². The zero-order chi connectivity index (χ0) is 47.7. The summed E-state index contributed by atoms with van der Waals surface area (Å²) in [6.07, 6.45) is 0. The van der Waals surface area contributed by atoms with Gasteiger partial charge in [0.15, 0.2) is 0 Å². The first-order chi connectivity index (χ1) is 34.8. The molecule has 13 rings (SSSR count). The Morgan fingerprint density at radius 1 is 0.380 bits per heavy atom. The lowest BCUT2D eigenvalue weighted by atomic mass is 9.68. The van der Waals surface area contributed by atoms with E-state index in [1.54, 1.807) is 0 Å². The van der Waals surface area contributed by atoms with Gasteiger partial charge in [-0.05, 0) is 125 Å². The second-order valence-electron chi connectivity index (χ2n) is 20.0. The van der Waals surface area contributed by atoms with E-state index < -0.39 is 5.41 Å². The Kier molecular flexibility index (Phi) is 10.2. The lowest BCUT2D eigenvalue weighted by Gasteiger charge is -2.34. The molecule has 0 N–H and O–H groups in total. The van der Waals surface area contributed by atoms with Gasteiger partial charge in [-0.1, -0.05) is 233 Å². The minimum Gasteiger partial charge on any atom is -0.310 e. The molecule has 2 heteroatoms. The number of rotatable bonds is 8. The van der Waals surface area contributed by atoms with Crippen molar-refractivity contribution in [3.8, 4) is 44.5 Å². The van der Waals surface area contributed by atoms with E-state index in [-0.39, 0.29) is 5.41 Å². The highest BCUT2D eigenvalue weighted by Gasteiger charge is 2.46. The molecule has 0 spiro atoms. The van der Waals surface area contributed by atoms with E-state index in [4.69, 9.17) is 0 Å². The summed E-state index contributed by atoms with van der Waals surface area (Å²) in [5.41, 5.74) is 19.2. The van der Waals surface area contributed by atoms with Gasteiger partial charge in [-0.3, -0.25) is 0 Å². The van der Waals surface area contributed by atoms with Crippen molar-refractivity contribution in [1.29, 1.82) is 0 Å². The fourth-order valence-electron chi connectivity index (χ4n) is 11.5. The first-order valence-corrected chi connectivity index (χ1v) is 25.6. The van der Waals surface area contributed by atoms with E-state index in [1.165, 1.54) is 103 Å². The predicted molar refractivity (Wildman–Crippen MR) is 304 cm³/mol. The standard InChI is InChI=1S/C69H51NS/c1-68(2,3)51-38-33-48(34-39-51)46-29-31-47(32-30-46)49-35-40-54(41-36-49)70(63-44-37-50-17-10-11-22-56(50)66(63)59-25-16-28-65-67(59)58-24-13-15-27-64(58)71-65)55-42-43-62-60(45-55)57-23-12-14-26-61(57)69(62,52-18-6-4-7-19-52)53-20-8-5-9-21-53/h4-45H,1-3H3. The third kappa shape index (κ3) is 7.04. The van der Waals surface area contributed by atoms with Gasteiger partial charge in [0.1, 0.15) is 0 Å². The molecule has 1 nitrogen and oxygen atoms in total. The maximum absolute atomic E-state index is 2.51. The minimum atomic E-state index is -0.491. The molecule has 1 heterocycles. The zero-order valence-electron chi connectivity index (χ0n) is 40.1. The normalized spacial score (nSPS) is 12.8. The van der Waals surface area contributed by atoms with Crippen molar-refractivity contribution in [3.05, 3.63) is 283 Å². The first-order valence-electron chi connectivity index (χ1n) is 24.7. The average molecular weight is 926 g/mol. The Balaban J connectivity index is 1.02. The van der Waals surface area contributed by atoms with Crippen LogP contribution in [0, 0.1) is 0 Å². The molecule has 1 aliphatic carbocycles. The molecule has 0 amide bonds. The van der Waals surface area contributed by atoms with Crippen molar-refractivity contribution >= 4 is 59.3 Å². The molecule has 0 fully saturated rings. The number of thiophene rings is 1. The number of fused-ring (bicyclic) bond motifs is 7. The van der Waals surface area contributed by atoms with E-state index in [0.717, 1.165) is 17.1 Å². The highest BCUT2D eigenvalue weighted by Crippen LogP contribution is 2.58. The van der Waals surface area contributed by atoms with E-state index >= 15 is 0 Å². The van der Waals surface area contributed by atoms with Crippen molar-refractivity contribution < 1.29 is 0 Å². The SMILES string of the molecule is CC(C)(C)c1ccc(-c2ccc(-c3ccc(N(c4ccc5c(c4)-c4ccccc4C5(c4ccccc4)c4ccccc4)c4ccc5ccccc5c4-c4cccc5sc6ccccc6c45)cc3)cc2)cc1. The van der Waals surface area contributed by atoms with Gasteiger partial charge in [-0.25, -0.2) is 0 Å². The molecule has 0 aliphatic heterocycles. The summed E-state index contributed by atoms with van der Waals surface area (Å²) in [7, 11) is 0. The predicted octanol–water partition coefficient (Wildman–Crippen LogP) is 19.3. The molecule has 0 bridgehead atoms. The molecule has 1 aliphatic rings. The van der Waals surface area contributed by atoms with Crippen LogP contribution in [0.4, 0.5) is 17.1 Å². The van der Waals surface area contributed by atoms with Gasteiger partial charge < -0.3 is 4.90 Å². The second-order valence-corrected chi connectivity index (χ2v) is 21.1. The van der Waals surface area contributed by atoms with Crippen LogP contribution < -0.4 is 4.90 Å². The Hall–Kier alpha value is -8.30. The lowest BCUT2D eigenvalue weighted by molar-refractivity contribution is 0.590. The summed E-state index contributed by atoms with van der Waals surface area (Å²) in [4.78, 5) is 2.51. The fourth-order valence-corrected chi connectivity index (χ4v) is 12.7. The first kappa shape index (κ1) is 42.8. The maximum Gasteiger partial charge on any atom is 0.0713 e. The largest absolute Gasteiger partial charge is 0.310 e. The highest BCUT2D eigenvalue weighted by molar-refractivity contribution is 7.26. The number of hydrogen-bond donors (Lipinski definition) is 0. The third-order valence-electron chi connectivity index (χ3n) is 14.9. The van der Waals surface area contributed by atoms with Crippen molar-refractivity contribution in [3.63, 3.8) is 0 Å². The van der Waals surface area contributed by atoms with Crippen LogP contribution >= 0.6 is 11.3 Å². The molecule has 338 valence electrons. The topological polar surface area (TPSA) is 3.24 Å². The van der Waals surface area contributed by atoms with Gasteiger partial charge in [0.05, 0.1) is 11.1 Å². The van der Waals surface area contributed by atoms with E-state index in [0.29, 0.717) is 0 Å². The molecule has 0 atom stereocenters. The van der Waals surface area contributed by atoms with E-state index in [9.17, 15) is 0 Å². The number of hydrogen-bond acceptors (Lipinski definition) is 2. The molecule has 0 radical (unpaired) electrons. The van der Waals surface area contributed by atoms with Gasteiger partial charge in [-0.15, -0.1) is 11.3 Å². The van der Waals surface area contributed by atoms with Crippen molar-refractivity contribution in [2.24, 2.45) is 0 Å². The molecule has 0 saturated heterocycles. The van der Waals surface area contributed by atoms with Crippen LogP contribution in [-0.2, 0) is 10.8 Å². The number of benzene rings is 11. The van der Waals surface area contributed by atoms with Crippen LogP contribution in [0.3, 0.4) is 0 Å². The minimum absolute atomic E-state index is 0.121. The van der Waals surface area contributed by atoms with Gasteiger partial charge in [-0.2, -0.15) is 0 Å². The van der Waals surface area contributed by atoms with Gasteiger partial charge >= 0.3 is 0 Å². The van der Waals surface area contributed by atoms with Gasteiger partial charge in [0.25, 0.3) is 0 Å². The molecule has 1 aromatic heterocycles. The van der Waals surface area contributed by atoms with Gasteiger partial charge in [0, 0.05) is 37.1 Å². The molecule has 11 aromatic carbocycles. The summed E-state index contributed by atoms with van der Waals surface area (Å²) in [6.45, 7) is 6.80. The van der Waals surface area contributed by atoms with Crippen molar-refractivity contribution in [2.75, 3.05) is 4.90 Å². The van der Waals surface area contributed by atoms with Crippen molar-refractivity contribution in [1.82, 2.24) is 0 Å². The number of anilines is 3. The fraction of sp³-hybridized carbons (Fsp3) is 0.0725. The third-order valence-corrected chi connectivity index (χ3v) is 16.1. The summed E-state index contributed by atoms with van der Waals surface area (Å²) >= 11 is 1.87. The van der Waals surface area contributed by atoms with Crippen LogP contribution in [0.15, 0.2) is 255 Å². The van der Waals surface area contributed by atoms with Crippen LogP contribution in [0.25, 0.3) is 75.5 Å². The average Bonchev–Trinajstić information content (AvgIpc) is 3.96. The van der Waals surface area contributed by atoms with Crippen LogP contribution in [0.5, 0.6) is 0 Å². The maximum atomic E-state index is 2.51. The van der Waals surface area contributed by atoms with Crippen LogP contribution in [0.2, 0.25) is 0 Å². The molecular weight excluding hydrogens is 875 g/mol. The Labute approximate surface area is 420 Å². The lowest BCUT2D eigenvalue weighted by Crippen LogP contribution is -2.28. The summed E-state index contributed by atoms with van der Waals surface area (Å²) in [6, 6.07) is 95.0. The Bertz CT molecular complexity index is 3890. The highest BCUT2D eigenvalue weighted by atomic mass is 32.1. The Morgan fingerprint density at radius 3 is 1.58 bits per heavy atom. The second kappa shape index (κ2) is 17.0. The van der Waals surface area contributed by atoms with Crippen LogP contribution in [0.1, 0.15) is 48.6 Å². The molecule has 0 unspecified atom stereocenters. The number of nitrogens with zero attached hydrogens (tertiary/aromatic N) is 1.